The zero-order valence-electron chi connectivity index (χ0n) is 22.6. The zero-order chi connectivity index (χ0) is 27.2. The van der Waals surface area contributed by atoms with E-state index in [-0.39, 0.29) is 19.3 Å². The van der Waals surface area contributed by atoms with Crippen LogP contribution in [-0.4, -0.2) is 47.8 Å². The van der Waals surface area contributed by atoms with E-state index >= 15 is 0 Å². The summed E-state index contributed by atoms with van der Waals surface area (Å²) in [7, 11) is 0. The van der Waals surface area contributed by atoms with E-state index in [0.717, 1.165) is 30.6 Å². The first kappa shape index (κ1) is 28.7. The molecule has 0 aromatic heterocycles. The molecular formula is C31H39N3O4. The van der Waals surface area contributed by atoms with Crippen LogP contribution < -0.4 is 5.43 Å². The maximum atomic E-state index is 13.2. The topological polar surface area (TPSA) is 71.1 Å². The molecule has 1 N–H and O–H groups in total. The molecular weight excluding hydrogens is 478 g/mol. The molecule has 38 heavy (non-hydrogen) atoms. The van der Waals surface area contributed by atoms with Crippen molar-refractivity contribution in [3.63, 3.8) is 0 Å². The predicted octanol–water partition coefficient (Wildman–Crippen LogP) is 6.12. The predicted molar refractivity (Wildman–Crippen MR) is 149 cm³/mol. The number of nitrogens with zero attached hydrogens (tertiary/aromatic N) is 2. The fourth-order valence-electron chi connectivity index (χ4n) is 4.04. The minimum Gasteiger partial charge on any atom is -0.443 e. The Kier molecular flexibility index (Phi) is 11.7. The highest BCUT2D eigenvalue weighted by Crippen LogP contribution is 2.12. The van der Waals surface area contributed by atoms with Gasteiger partial charge >= 0.3 is 12.2 Å². The zero-order valence-corrected chi connectivity index (χ0v) is 22.6. The number of aryl methyl sites for hydroxylation is 1. The smallest absolute Gasteiger partial charge is 0.429 e. The van der Waals surface area contributed by atoms with Crippen LogP contribution in [0.5, 0.6) is 0 Å². The third-order valence-electron chi connectivity index (χ3n) is 6.42. The second-order valence-corrected chi connectivity index (χ2v) is 9.27. The Labute approximate surface area is 226 Å². The Morgan fingerprint density at radius 1 is 0.789 bits per heavy atom. The number of hydrogen-bond acceptors (Lipinski definition) is 5. The SMILES string of the molecule is CCC(CN(CC)CCc1ccc(C)cc1)N(NC(=O)OCc1ccccc1)C(=O)OCc1ccccc1. The maximum Gasteiger partial charge on any atom is 0.429 e. The molecule has 1 atom stereocenters. The summed E-state index contributed by atoms with van der Waals surface area (Å²) in [4.78, 5) is 28.2. The standard InChI is InChI=1S/C31H39N3O4/c1-4-29(22-33(5-2)21-20-26-18-16-25(3)17-19-26)34(31(36)38-24-28-14-10-7-11-15-28)32-30(35)37-23-27-12-8-6-9-13-27/h6-19,29H,4-5,20-24H2,1-3H3,(H,32,35). The molecule has 2 amide bonds. The fraction of sp³-hybridized carbons (Fsp3) is 0.355. The summed E-state index contributed by atoms with van der Waals surface area (Å²) in [6, 6.07) is 27.1. The van der Waals surface area contributed by atoms with Crippen LogP contribution in [0.3, 0.4) is 0 Å². The van der Waals surface area contributed by atoms with Crippen LogP contribution in [0.2, 0.25) is 0 Å². The molecule has 0 aliphatic rings. The molecule has 0 spiro atoms. The number of carbonyl (C=O) groups excluding carboxylic acids is 2. The highest BCUT2D eigenvalue weighted by molar-refractivity contribution is 5.74. The molecule has 1 unspecified atom stereocenters. The number of carbonyl (C=O) groups is 2. The summed E-state index contributed by atoms with van der Waals surface area (Å²) in [5.41, 5.74) is 6.89. The van der Waals surface area contributed by atoms with Crippen LogP contribution in [0, 0.1) is 6.92 Å². The third kappa shape index (κ3) is 9.56. The van der Waals surface area contributed by atoms with Gasteiger partial charge in [0.1, 0.15) is 13.2 Å². The number of nitrogens with one attached hydrogen (secondary N) is 1. The molecule has 0 radical (unpaired) electrons. The first-order valence-electron chi connectivity index (χ1n) is 13.2. The van der Waals surface area contributed by atoms with Gasteiger partial charge in [0.05, 0.1) is 6.04 Å². The van der Waals surface area contributed by atoms with E-state index in [9.17, 15) is 9.59 Å². The summed E-state index contributed by atoms with van der Waals surface area (Å²) in [5.74, 6) is 0. The van der Waals surface area contributed by atoms with Gasteiger partial charge in [-0.1, -0.05) is 104 Å². The van der Waals surface area contributed by atoms with E-state index in [4.69, 9.17) is 9.47 Å². The van der Waals surface area contributed by atoms with E-state index in [1.807, 2.05) is 67.6 Å². The van der Waals surface area contributed by atoms with Crippen LogP contribution in [0.1, 0.15) is 42.5 Å². The molecule has 0 fully saturated rings. The number of benzene rings is 3. The molecule has 0 aliphatic heterocycles. The molecule has 202 valence electrons. The summed E-state index contributed by atoms with van der Waals surface area (Å²) >= 11 is 0. The second-order valence-electron chi connectivity index (χ2n) is 9.27. The average Bonchev–Trinajstić information content (AvgIpc) is 2.96. The lowest BCUT2D eigenvalue weighted by Crippen LogP contribution is -2.55. The van der Waals surface area contributed by atoms with Crippen LogP contribution in [0.15, 0.2) is 84.9 Å². The van der Waals surface area contributed by atoms with Gasteiger partial charge in [0.15, 0.2) is 0 Å². The third-order valence-corrected chi connectivity index (χ3v) is 6.42. The summed E-state index contributed by atoms with van der Waals surface area (Å²) in [6.07, 6.45) is 0.203. The van der Waals surface area contributed by atoms with Crippen molar-refractivity contribution in [2.45, 2.75) is 52.9 Å². The lowest BCUT2D eigenvalue weighted by molar-refractivity contribution is 0.0368. The Morgan fingerprint density at radius 2 is 1.37 bits per heavy atom. The molecule has 3 aromatic carbocycles. The van der Waals surface area contributed by atoms with E-state index in [0.29, 0.717) is 13.0 Å². The summed E-state index contributed by atoms with van der Waals surface area (Å²) < 4.78 is 11.0. The van der Waals surface area contributed by atoms with Gasteiger partial charge in [-0.25, -0.2) is 20.0 Å². The quantitative estimate of drug-likeness (QED) is 0.293. The average molecular weight is 518 g/mol. The van der Waals surface area contributed by atoms with E-state index in [1.165, 1.54) is 16.1 Å². The molecule has 3 aromatic rings. The lowest BCUT2D eigenvalue weighted by Gasteiger charge is -2.33. The number of hydrogen-bond donors (Lipinski definition) is 1. The summed E-state index contributed by atoms with van der Waals surface area (Å²) in [6.45, 7) is 8.62. The maximum absolute atomic E-state index is 13.2. The van der Waals surface area contributed by atoms with Crippen molar-refractivity contribution in [2.24, 2.45) is 0 Å². The van der Waals surface area contributed by atoms with Crippen molar-refractivity contribution in [2.75, 3.05) is 19.6 Å². The fourth-order valence-corrected chi connectivity index (χ4v) is 4.04. The van der Waals surface area contributed by atoms with E-state index in [1.54, 1.807) is 0 Å². The van der Waals surface area contributed by atoms with Crippen molar-refractivity contribution >= 4 is 12.2 Å². The minimum atomic E-state index is -0.702. The number of amides is 2. The Hall–Kier alpha value is -3.84. The van der Waals surface area contributed by atoms with Crippen LogP contribution in [0.25, 0.3) is 0 Å². The largest absolute Gasteiger partial charge is 0.443 e. The van der Waals surface area contributed by atoms with Crippen molar-refractivity contribution in [1.29, 1.82) is 0 Å². The van der Waals surface area contributed by atoms with Crippen LogP contribution in [0.4, 0.5) is 9.59 Å². The normalized spacial score (nSPS) is 11.6. The van der Waals surface area contributed by atoms with Gasteiger partial charge in [0.2, 0.25) is 0 Å². The Morgan fingerprint density at radius 3 is 1.92 bits per heavy atom. The van der Waals surface area contributed by atoms with Crippen LogP contribution in [-0.2, 0) is 29.1 Å². The highest BCUT2D eigenvalue weighted by Gasteiger charge is 2.28. The van der Waals surface area contributed by atoms with Crippen molar-refractivity contribution in [3.05, 3.63) is 107 Å². The Bertz CT molecular complexity index is 1110. The molecule has 0 bridgehead atoms. The van der Waals surface area contributed by atoms with E-state index < -0.39 is 12.2 Å². The van der Waals surface area contributed by atoms with Gasteiger partial charge in [-0.05, 0) is 43.0 Å². The molecule has 3 rings (SSSR count). The van der Waals surface area contributed by atoms with Crippen molar-refractivity contribution in [1.82, 2.24) is 15.3 Å². The molecule has 0 saturated heterocycles. The summed E-state index contributed by atoms with van der Waals surface area (Å²) in [5, 5.41) is 1.28. The van der Waals surface area contributed by atoms with Gasteiger partial charge in [0.25, 0.3) is 0 Å². The number of rotatable bonds is 12. The van der Waals surface area contributed by atoms with Crippen molar-refractivity contribution < 1.29 is 19.1 Å². The van der Waals surface area contributed by atoms with E-state index in [2.05, 4.69) is 48.4 Å². The monoisotopic (exact) mass is 517 g/mol. The molecule has 0 aliphatic carbocycles. The lowest BCUT2D eigenvalue weighted by atomic mass is 10.1. The first-order chi connectivity index (χ1) is 18.5. The number of likely N-dealkylation sites (N-methyl/N-ethyl adjacent to an activating group) is 1. The molecule has 7 nitrogen and oxygen atoms in total. The highest BCUT2D eigenvalue weighted by atomic mass is 16.6. The number of ether oxygens (including phenoxy) is 2. The Balaban J connectivity index is 1.66. The first-order valence-corrected chi connectivity index (χ1v) is 13.2. The minimum absolute atomic E-state index is 0.105. The molecule has 7 heteroatoms. The molecule has 0 heterocycles. The van der Waals surface area contributed by atoms with Gasteiger partial charge in [0, 0.05) is 13.1 Å². The van der Waals surface area contributed by atoms with Gasteiger partial charge in [-0.2, -0.15) is 0 Å². The van der Waals surface area contributed by atoms with Crippen molar-refractivity contribution in [3.8, 4) is 0 Å². The molecule has 0 saturated carbocycles. The van der Waals surface area contributed by atoms with Gasteiger partial charge < -0.3 is 14.4 Å². The second kappa shape index (κ2) is 15.4. The van der Waals surface area contributed by atoms with Crippen LogP contribution >= 0.6 is 0 Å². The number of hydrazine groups is 1. The van der Waals surface area contributed by atoms with Gasteiger partial charge in [-0.3, -0.25) is 0 Å². The van der Waals surface area contributed by atoms with Gasteiger partial charge in [-0.15, -0.1) is 0 Å².